The molecule has 108 valence electrons. The molecule has 2 aromatic rings. The molecule has 0 saturated carbocycles. The Labute approximate surface area is 127 Å². The van der Waals surface area contributed by atoms with Gasteiger partial charge in [-0.25, -0.2) is 0 Å². The summed E-state index contributed by atoms with van der Waals surface area (Å²) < 4.78 is 1.05. The zero-order valence-electron chi connectivity index (χ0n) is 11.6. The van der Waals surface area contributed by atoms with Crippen LogP contribution in [-0.4, -0.2) is 47.8 Å². The fourth-order valence-electron chi connectivity index (χ4n) is 2.19. The van der Waals surface area contributed by atoms with Gasteiger partial charge in [0.2, 0.25) is 0 Å². The van der Waals surface area contributed by atoms with Crippen molar-refractivity contribution in [1.82, 2.24) is 9.88 Å². The highest BCUT2D eigenvalue weighted by molar-refractivity contribution is 9.10. The molecule has 20 heavy (non-hydrogen) atoms. The van der Waals surface area contributed by atoms with Gasteiger partial charge in [-0.1, -0.05) is 22.9 Å². The minimum atomic E-state index is 0.207. The minimum Gasteiger partial charge on any atom is -0.395 e. The zero-order chi connectivity index (χ0) is 14.4. The van der Waals surface area contributed by atoms with Gasteiger partial charge in [0.25, 0.3) is 0 Å². The summed E-state index contributed by atoms with van der Waals surface area (Å²) in [5.74, 6) is 0. The van der Waals surface area contributed by atoms with Gasteiger partial charge in [0, 0.05) is 41.4 Å². The van der Waals surface area contributed by atoms with E-state index < -0.39 is 0 Å². The molecule has 0 radical (unpaired) electrons. The molecule has 0 bridgehead atoms. The highest BCUT2D eigenvalue weighted by atomic mass is 79.9. The van der Waals surface area contributed by atoms with Crippen LogP contribution in [0.5, 0.6) is 0 Å². The maximum Gasteiger partial charge on any atom is 0.0723 e. The third-order valence-corrected chi connectivity index (χ3v) is 3.80. The van der Waals surface area contributed by atoms with E-state index in [0.29, 0.717) is 0 Å². The number of benzene rings is 1. The molecule has 0 aliphatic rings. The number of hydrogen-bond donors (Lipinski definition) is 2. The van der Waals surface area contributed by atoms with Gasteiger partial charge in [-0.2, -0.15) is 0 Å². The van der Waals surface area contributed by atoms with Gasteiger partial charge in [-0.15, -0.1) is 0 Å². The standard InChI is InChI=1S/C15H20BrN3O/c1-2-19(9-10-20)8-7-18-15-5-6-17-14-4-3-12(16)11-13(14)15/h3-6,11,20H,2,7-10H2,1H3,(H,17,18). The average Bonchev–Trinajstić information content (AvgIpc) is 2.46. The van der Waals surface area contributed by atoms with Gasteiger partial charge < -0.3 is 10.4 Å². The Kier molecular flexibility index (Phi) is 5.76. The van der Waals surface area contributed by atoms with Crippen molar-refractivity contribution in [3.63, 3.8) is 0 Å². The lowest BCUT2D eigenvalue weighted by Crippen LogP contribution is -2.31. The molecule has 0 atom stereocenters. The van der Waals surface area contributed by atoms with Gasteiger partial charge in [0.15, 0.2) is 0 Å². The quantitative estimate of drug-likeness (QED) is 0.815. The molecule has 1 heterocycles. The summed E-state index contributed by atoms with van der Waals surface area (Å²) in [6.07, 6.45) is 1.82. The molecule has 0 saturated heterocycles. The summed E-state index contributed by atoms with van der Waals surface area (Å²) in [6.45, 7) is 5.74. The Morgan fingerprint density at radius 2 is 2.15 bits per heavy atom. The van der Waals surface area contributed by atoms with E-state index in [9.17, 15) is 0 Å². The predicted octanol–water partition coefficient (Wildman–Crippen LogP) is 2.72. The molecule has 1 aromatic heterocycles. The van der Waals surface area contributed by atoms with E-state index in [1.807, 2.05) is 24.4 Å². The van der Waals surface area contributed by atoms with E-state index >= 15 is 0 Å². The summed E-state index contributed by atoms with van der Waals surface area (Å²) >= 11 is 3.50. The van der Waals surface area contributed by atoms with E-state index in [1.54, 1.807) is 0 Å². The molecule has 4 nitrogen and oxygen atoms in total. The molecule has 2 rings (SSSR count). The molecule has 0 aliphatic heterocycles. The fraction of sp³-hybridized carbons (Fsp3) is 0.400. The third-order valence-electron chi connectivity index (χ3n) is 3.31. The number of aromatic nitrogens is 1. The lowest BCUT2D eigenvalue weighted by Gasteiger charge is -2.19. The molecule has 0 spiro atoms. The number of pyridine rings is 1. The highest BCUT2D eigenvalue weighted by Crippen LogP contribution is 2.24. The summed E-state index contributed by atoms with van der Waals surface area (Å²) in [5.41, 5.74) is 2.08. The van der Waals surface area contributed by atoms with Crippen LogP contribution in [0.25, 0.3) is 10.9 Å². The lowest BCUT2D eigenvalue weighted by molar-refractivity contribution is 0.206. The normalized spacial score (nSPS) is 11.2. The minimum absolute atomic E-state index is 0.207. The van der Waals surface area contributed by atoms with Crippen molar-refractivity contribution in [2.45, 2.75) is 6.92 Å². The largest absolute Gasteiger partial charge is 0.395 e. The summed E-state index contributed by atoms with van der Waals surface area (Å²) in [7, 11) is 0. The van der Waals surface area contributed by atoms with Gasteiger partial charge in [0.05, 0.1) is 12.1 Å². The van der Waals surface area contributed by atoms with Crippen LogP contribution in [0, 0.1) is 0 Å². The van der Waals surface area contributed by atoms with Crippen molar-refractivity contribution in [1.29, 1.82) is 0 Å². The van der Waals surface area contributed by atoms with E-state index in [0.717, 1.165) is 47.2 Å². The van der Waals surface area contributed by atoms with Crippen molar-refractivity contribution in [3.8, 4) is 0 Å². The van der Waals surface area contributed by atoms with Crippen LogP contribution in [-0.2, 0) is 0 Å². The number of rotatable bonds is 7. The summed E-state index contributed by atoms with van der Waals surface area (Å²) in [6, 6.07) is 8.08. The predicted molar refractivity (Wildman–Crippen MR) is 87.1 cm³/mol. The van der Waals surface area contributed by atoms with Crippen molar-refractivity contribution < 1.29 is 5.11 Å². The second-order valence-electron chi connectivity index (χ2n) is 4.60. The number of aliphatic hydroxyl groups excluding tert-OH is 1. The van der Waals surface area contributed by atoms with E-state index in [4.69, 9.17) is 5.11 Å². The monoisotopic (exact) mass is 337 g/mol. The molecule has 0 fully saturated rings. The Morgan fingerprint density at radius 1 is 1.30 bits per heavy atom. The van der Waals surface area contributed by atoms with Gasteiger partial charge >= 0.3 is 0 Å². The van der Waals surface area contributed by atoms with E-state index in [2.05, 4.69) is 44.1 Å². The summed E-state index contributed by atoms with van der Waals surface area (Å²) in [4.78, 5) is 6.58. The number of aliphatic hydroxyl groups is 1. The first-order valence-corrected chi connectivity index (χ1v) is 7.65. The number of halogens is 1. The molecule has 0 unspecified atom stereocenters. The first kappa shape index (κ1) is 15.2. The molecule has 5 heteroatoms. The second kappa shape index (κ2) is 7.57. The zero-order valence-corrected chi connectivity index (χ0v) is 13.2. The molecular weight excluding hydrogens is 318 g/mol. The van der Waals surface area contributed by atoms with Crippen LogP contribution in [0.1, 0.15) is 6.92 Å². The Morgan fingerprint density at radius 3 is 2.90 bits per heavy atom. The second-order valence-corrected chi connectivity index (χ2v) is 5.52. The lowest BCUT2D eigenvalue weighted by atomic mass is 10.2. The van der Waals surface area contributed by atoms with Gasteiger partial charge in [-0.05, 0) is 30.8 Å². The smallest absolute Gasteiger partial charge is 0.0723 e. The maximum absolute atomic E-state index is 8.98. The van der Waals surface area contributed by atoms with Crippen molar-refractivity contribution in [2.75, 3.05) is 38.1 Å². The van der Waals surface area contributed by atoms with Crippen molar-refractivity contribution in [2.24, 2.45) is 0 Å². The Balaban J connectivity index is 2.04. The molecule has 1 aromatic carbocycles. The van der Waals surface area contributed by atoms with Crippen LogP contribution < -0.4 is 5.32 Å². The third kappa shape index (κ3) is 3.91. The summed E-state index contributed by atoms with van der Waals surface area (Å²) in [5, 5.41) is 13.6. The number of fused-ring (bicyclic) bond motifs is 1. The highest BCUT2D eigenvalue weighted by Gasteiger charge is 2.04. The van der Waals surface area contributed by atoms with Crippen LogP contribution >= 0.6 is 15.9 Å². The Hall–Kier alpha value is -1.17. The van der Waals surface area contributed by atoms with Crippen LogP contribution in [0.2, 0.25) is 0 Å². The van der Waals surface area contributed by atoms with Gasteiger partial charge in [-0.3, -0.25) is 9.88 Å². The Bertz CT molecular complexity index is 562. The number of nitrogens with one attached hydrogen (secondary N) is 1. The van der Waals surface area contributed by atoms with Gasteiger partial charge in [0.1, 0.15) is 0 Å². The maximum atomic E-state index is 8.98. The topological polar surface area (TPSA) is 48.4 Å². The van der Waals surface area contributed by atoms with E-state index in [-0.39, 0.29) is 6.61 Å². The van der Waals surface area contributed by atoms with Crippen molar-refractivity contribution >= 4 is 32.5 Å². The number of hydrogen-bond acceptors (Lipinski definition) is 4. The molecule has 0 amide bonds. The number of likely N-dealkylation sites (N-methyl/N-ethyl adjacent to an activating group) is 1. The first-order chi connectivity index (χ1) is 9.74. The molecule has 0 aliphatic carbocycles. The van der Waals surface area contributed by atoms with Crippen LogP contribution in [0.4, 0.5) is 5.69 Å². The van der Waals surface area contributed by atoms with Crippen LogP contribution in [0.3, 0.4) is 0 Å². The van der Waals surface area contributed by atoms with E-state index in [1.165, 1.54) is 0 Å². The number of nitrogens with zero attached hydrogens (tertiary/aromatic N) is 2. The SMILES string of the molecule is CCN(CCO)CCNc1ccnc2ccc(Br)cc12. The average molecular weight is 338 g/mol. The number of anilines is 1. The molecule has 2 N–H and O–H groups in total. The first-order valence-electron chi connectivity index (χ1n) is 6.86. The fourth-order valence-corrected chi connectivity index (χ4v) is 2.55. The molecular formula is C15H20BrN3O. The van der Waals surface area contributed by atoms with Crippen molar-refractivity contribution in [3.05, 3.63) is 34.9 Å². The van der Waals surface area contributed by atoms with Crippen LogP contribution in [0.15, 0.2) is 34.9 Å².